The number of nitrogens with zero attached hydrogens (tertiary/aromatic N) is 2. The van der Waals surface area contributed by atoms with E-state index in [-0.39, 0.29) is 17.8 Å². The van der Waals surface area contributed by atoms with Gasteiger partial charge < -0.3 is 5.32 Å². The molecule has 4 rings (SSSR count). The Morgan fingerprint density at radius 2 is 1.77 bits per heavy atom. The fourth-order valence-corrected chi connectivity index (χ4v) is 5.58. The summed E-state index contributed by atoms with van der Waals surface area (Å²) in [7, 11) is -2.80. The Kier molecular flexibility index (Phi) is 6.67. The highest BCUT2D eigenvalue weighted by Crippen LogP contribution is 2.50. The number of carbonyl (C=O) groups is 1. The summed E-state index contributed by atoms with van der Waals surface area (Å²) in [6, 6.07) is 14.1. The van der Waals surface area contributed by atoms with Crippen LogP contribution in [-0.4, -0.2) is 31.9 Å². The van der Waals surface area contributed by atoms with E-state index in [1.807, 2.05) is 0 Å². The number of carbonyl (C=O) groups excluding carboxylic acids is 1. The Bertz CT molecular complexity index is 1310. The number of anilines is 1. The molecule has 7 nitrogen and oxygen atoms in total. The molecule has 186 valence electrons. The maximum Gasteiger partial charge on any atom is 0.416 e. The lowest BCUT2D eigenvalue weighted by Crippen LogP contribution is -2.33. The highest BCUT2D eigenvalue weighted by molar-refractivity contribution is 8.25. The van der Waals surface area contributed by atoms with E-state index in [1.165, 1.54) is 24.3 Å². The number of hydrogen-bond acceptors (Lipinski definition) is 5. The van der Waals surface area contributed by atoms with Crippen molar-refractivity contribution in [3.05, 3.63) is 93.4 Å². The monoisotopic (exact) mass is 507 g/mol. The maximum absolute atomic E-state index is 13.1. The van der Waals surface area contributed by atoms with Gasteiger partial charge in [0.1, 0.15) is 5.56 Å². The van der Waals surface area contributed by atoms with Gasteiger partial charge in [-0.2, -0.15) is 13.2 Å². The normalized spacial score (nSPS) is 16.2. The van der Waals surface area contributed by atoms with Crippen molar-refractivity contribution in [1.29, 1.82) is 0 Å². The Balaban J connectivity index is 1.52. The van der Waals surface area contributed by atoms with Crippen LogP contribution in [0.1, 0.15) is 33.6 Å². The molecular formula is C24H24F3N3O4S. The molecule has 1 aliphatic rings. The van der Waals surface area contributed by atoms with Crippen LogP contribution in [0.15, 0.2) is 65.5 Å². The first kappa shape index (κ1) is 24.8. The number of benzene rings is 2. The Morgan fingerprint density at radius 1 is 1.06 bits per heavy atom. The van der Waals surface area contributed by atoms with E-state index in [1.54, 1.807) is 35.5 Å². The van der Waals surface area contributed by atoms with Crippen LogP contribution in [0.4, 0.5) is 18.9 Å². The molecule has 11 heteroatoms. The van der Waals surface area contributed by atoms with Gasteiger partial charge >= 0.3 is 6.18 Å². The third kappa shape index (κ3) is 5.21. The second kappa shape index (κ2) is 9.40. The Labute approximate surface area is 201 Å². The van der Waals surface area contributed by atoms with Crippen LogP contribution in [0.5, 0.6) is 0 Å². The Hall–Kier alpha value is -3.28. The quantitative estimate of drug-likeness (QED) is 0.453. The van der Waals surface area contributed by atoms with Crippen molar-refractivity contribution >= 4 is 22.4 Å². The van der Waals surface area contributed by atoms with Crippen LogP contribution in [0.25, 0.3) is 5.69 Å². The van der Waals surface area contributed by atoms with Crippen molar-refractivity contribution in [2.24, 2.45) is 0 Å². The summed E-state index contributed by atoms with van der Waals surface area (Å²) in [5.41, 5.74) is -0.0280. The molecule has 1 amide bonds. The number of halogens is 3. The average molecular weight is 508 g/mol. The molecule has 0 bridgehead atoms. The van der Waals surface area contributed by atoms with Gasteiger partial charge in [0.25, 0.3) is 11.5 Å². The number of nitrogens with one attached hydrogen (secondary N) is 1. The number of pyridine rings is 1. The van der Waals surface area contributed by atoms with Crippen molar-refractivity contribution in [2.75, 3.05) is 16.6 Å². The van der Waals surface area contributed by atoms with Crippen LogP contribution < -0.4 is 15.2 Å². The van der Waals surface area contributed by atoms with Crippen LogP contribution in [0, 0.1) is 6.92 Å². The number of aryl methyl sites for hydroxylation is 1. The topological polar surface area (TPSA) is 94.8 Å². The van der Waals surface area contributed by atoms with Gasteiger partial charge in [0.2, 0.25) is 0 Å². The van der Waals surface area contributed by atoms with Crippen LogP contribution in [-0.2, 0) is 12.7 Å². The molecule has 0 saturated carbocycles. The number of amides is 1. The molecule has 0 radical (unpaired) electrons. The fraction of sp³-hybridized carbons (Fsp3) is 0.250. The van der Waals surface area contributed by atoms with Crippen LogP contribution >= 0.6 is 10.8 Å². The minimum Gasteiger partial charge on any atom is -0.348 e. The van der Waals surface area contributed by atoms with Gasteiger partial charge in [-0.15, -0.1) is 10.8 Å². The van der Waals surface area contributed by atoms with E-state index in [9.17, 15) is 31.9 Å². The van der Waals surface area contributed by atoms with Gasteiger partial charge in [-0.1, -0.05) is 18.2 Å². The highest BCUT2D eigenvalue weighted by Gasteiger charge is 2.31. The second-order valence-electron chi connectivity index (χ2n) is 8.22. The van der Waals surface area contributed by atoms with E-state index in [0.29, 0.717) is 30.1 Å². The van der Waals surface area contributed by atoms with Gasteiger partial charge in [-0.05, 0) is 61.4 Å². The number of alkyl halides is 3. The summed E-state index contributed by atoms with van der Waals surface area (Å²) >= 11 is 0. The summed E-state index contributed by atoms with van der Waals surface area (Å²) in [6.07, 6.45) is -3.88. The molecule has 35 heavy (non-hydrogen) atoms. The van der Waals surface area contributed by atoms with E-state index >= 15 is 0 Å². The summed E-state index contributed by atoms with van der Waals surface area (Å²) in [5, 5.41) is 2.66. The predicted octanol–water partition coefficient (Wildman–Crippen LogP) is 4.97. The molecule has 1 saturated heterocycles. The average Bonchev–Trinajstić information content (AvgIpc) is 3.16. The number of hydrogen-bond donors (Lipinski definition) is 3. The molecule has 3 aromatic rings. The molecule has 2 heterocycles. The molecule has 0 atom stereocenters. The van der Waals surface area contributed by atoms with Crippen molar-refractivity contribution in [2.45, 2.75) is 26.1 Å². The Morgan fingerprint density at radius 3 is 2.40 bits per heavy atom. The third-order valence-corrected chi connectivity index (χ3v) is 7.70. The first-order chi connectivity index (χ1) is 16.5. The van der Waals surface area contributed by atoms with E-state index in [4.69, 9.17) is 0 Å². The van der Waals surface area contributed by atoms with Gasteiger partial charge in [0.05, 0.1) is 17.0 Å². The third-order valence-electron chi connectivity index (χ3n) is 5.76. The van der Waals surface area contributed by atoms with Crippen molar-refractivity contribution in [1.82, 2.24) is 9.88 Å². The van der Waals surface area contributed by atoms with Crippen molar-refractivity contribution < 1.29 is 27.1 Å². The minimum atomic E-state index is -4.57. The summed E-state index contributed by atoms with van der Waals surface area (Å²) in [5.74, 6) is -0.326. The van der Waals surface area contributed by atoms with E-state index in [2.05, 4.69) is 5.32 Å². The molecule has 3 N–H and O–H groups in total. The molecule has 0 spiro atoms. The molecule has 0 aliphatic carbocycles. The van der Waals surface area contributed by atoms with Crippen LogP contribution in [0.2, 0.25) is 0 Å². The zero-order valence-electron chi connectivity index (χ0n) is 18.7. The number of aromatic nitrogens is 1. The second-order valence-corrected chi connectivity index (χ2v) is 10.3. The minimum absolute atomic E-state index is 0.0143. The number of rotatable bonds is 5. The van der Waals surface area contributed by atoms with E-state index in [0.717, 1.165) is 22.3 Å². The predicted molar refractivity (Wildman–Crippen MR) is 129 cm³/mol. The zero-order chi connectivity index (χ0) is 25.4. The molecular weight excluding hydrogens is 483 g/mol. The fourth-order valence-electron chi connectivity index (χ4n) is 3.96. The van der Waals surface area contributed by atoms with E-state index < -0.39 is 34.0 Å². The van der Waals surface area contributed by atoms with Crippen LogP contribution in [0.3, 0.4) is 0 Å². The van der Waals surface area contributed by atoms with Gasteiger partial charge in [-0.3, -0.25) is 27.6 Å². The van der Waals surface area contributed by atoms with Gasteiger partial charge in [0.15, 0.2) is 0 Å². The molecule has 2 aromatic carbocycles. The van der Waals surface area contributed by atoms with Crippen molar-refractivity contribution in [3.8, 4) is 5.69 Å². The lowest BCUT2D eigenvalue weighted by molar-refractivity contribution is -0.137. The molecule has 1 aliphatic heterocycles. The first-order valence-corrected chi connectivity index (χ1v) is 12.5. The standard InChI is InChI=1S/C24H24F3N3O4S/c1-16-6-11-21(23(32)30(16)20-5-2-4-18(14-20)24(25,26)27)22(31)28-15-17-7-9-19(10-8-17)29-12-3-13-35(29,33)34/h2,4-11,14,33-34H,3,12-13,15H2,1H3,(H,28,31). The maximum atomic E-state index is 13.1. The molecule has 0 unspecified atom stereocenters. The van der Waals surface area contributed by atoms with Gasteiger partial charge in [-0.25, -0.2) is 0 Å². The summed E-state index contributed by atoms with van der Waals surface area (Å²) < 4.78 is 62.2. The SMILES string of the molecule is Cc1ccc(C(=O)NCc2ccc(N3CCCS3(O)O)cc2)c(=O)n1-c1cccc(C(F)(F)F)c1. The molecule has 1 aromatic heterocycles. The first-order valence-electron chi connectivity index (χ1n) is 10.8. The lowest BCUT2D eigenvalue weighted by Gasteiger charge is -2.38. The zero-order valence-corrected chi connectivity index (χ0v) is 19.6. The summed E-state index contributed by atoms with van der Waals surface area (Å²) in [4.78, 5) is 25.8. The highest BCUT2D eigenvalue weighted by atomic mass is 32.3. The van der Waals surface area contributed by atoms with Gasteiger partial charge in [0, 0.05) is 24.5 Å². The molecule has 1 fully saturated rings. The lowest BCUT2D eigenvalue weighted by atomic mass is 10.1. The largest absolute Gasteiger partial charge is 0.416 e. The summed E-state index contributed by atoms with van der Waals surface area (Å²) in [6.45, 7) is 2.22. The smallest absolute Gasteiger partial charge is 0.348 e. The van der Waals surface area contributed by atoms with Crippen molar-refractivity contribution in [3.63, 3.8) is 0 Å².